The fraction of sp³-hybridized carbons (Fsp3) is 0.267. The number of hydrogen-bond acceptors (Lipinski definition) is 4. The highest BCUT2D eigenvalue weighted by molar-refractivity contribution is 7.91. The van der Waals surface area contributed by atoms with Crippen LogP contribution in [-0.4, -0.2) is 33.0 Å². The fourth-order valence-electron chi connectivity index (χ4n) is 2.61. The second-order valence-electron chi connectivity index (χ2n) is 4.93. The van der Waals surface area contributed by atoms with Gasteiger partial charge in [0.25, 0.3) is 0 Å². The van der Waals surface area contributed by atoms with Gasteiger partial charge in [0.05, 0.1) is 23.1 Å². The molecule has 1 aliphatic heterocycles. The first-order chi connectivity index (χ1) is 9.61. The van der Waals surface area contributed by atoms with Gasteiger partial charge in [0, 0.05) is 29.5 Å². The summed E-state index contributed by atoms with van der Waals surface area (Å²) in [6, 6.07) is 13.7. The summed E-state index contributed by atoms with van der Waals surface area (Å²) in [6.45, 7) is 1.02. The molecule has 5 heteroatoms. The number of rotatable bonds is 1. The van der Waals surface area contributed by atoms with Gasteiger partial charge in [0.2, 0.25) is 0 Å². The molecule has 1 saturated heterocycles. The summed E-state index contributed by atoms with van der Waals surface area (Å²) in [5.41, 5.74) is 1.66. The topological polar surface area (TPSA) is 61.2 Å². The molecule has 0 bridgehead atoms. The monoisotopic (exact) mass is 286 g/mol. The van der Waals surface area contributed by atoms with E-state index in [0.29, 0.717) is 18.7 Å². The SMILES string of the molecule is N#Cc1ccc(N2CCS(=O)(=O)CC2)c2ccccc12. The van der Waals surface area contributed by atoms with Crippen LogP contribution in [0.3, 0.4) is 0 Å². The van der Waals surface area contributed by atoms with Crippen molar-refractivity contribution in [2.75, 3.05) is 29.5 Å². The van der Waals surface area contributed by atoms with Crippen molar-refractivity contribution < 1.29 is 8.42 Å². The number of hydrogen-bond donors (Lipinski definition) is 0. The molecular weight excluding hydrogens is 272 g/mol. The molecule has 102 valence electrons. The molecule has 0 unspecified atom stereocenters. The van der Waals surface area contributed by atoms with E-state index in [1.165, 1.54) is 0 Å². The van der Waals surface area contributed by atoms with Gasteiger partial charge in [0.15, 0.2) is 9.84 Å². The molecule has 0 amide bonds. The number of fused-ring (bicyclic) bond motifs is 1. The zero-order chi connectivity index (χ0) is 14.2. The zero-order valence-corrected chi connectivity index (χ0v) is 11.7. The van der Waals surface area contributed by atoms with Crippen LogP contribution in [0, 0.1) is 11.3 Å². The molecule has 20 heavy (non-hydrogen) atoms. The van der Waals surface area contributed by atoms with Gasteiger partial charge in [0.1, 0.15) is 0 Å². The van der Waals surface area contributed by atoms with Crippen LogP contribution in [0.25, 0.3) is 10.8 Å². The molecule has 0 saturated carbocycles. The smallest absolute Gasteiger partial charge is 0.153 e. The third-order valence-corrected chi connectivity index (χ3v) is 5.32. The van der Waals surface area contributed by atoms with Gasteiger partial charge in [-0.25, -0.2) is 8.42 Å². The van der Waals surface area contributed by atoms with Crippen LogP contribution >= 0.6 is 0 Å². The lowest BCUT2D eigenvalue weighted by atomic mass is 10.0. The molecule has 0 radical (unpaired) electrons. The van der Waals surface area contributed by atoms with E-state index >= 15 is 0 Å². The van der Waals surface area contributed by atoms with E-state index in [1.54, 1.807) is 6.07 Å². The third-order valence-electron chi connectivity index (χ3n) is 3.71. The average Bonchev–Trinajstić information content (AvgIpc) is 2.46. The van der Waals surface area contributed by atoms with Crippen LogP contribution in [-0.2, 0) is 9.84 Å². The minimum Gasteiger partial charge on any atom is -0.369 e. The molecule has 2 aromatic carbocycles. The number of benzene rings is 2. The predicted molar refractivity (Wildman–Crippen MR) is 79.5 cm³/mol. The van der Waals surface area contributed by atoms with Crippen LogP contribution < -0.4 is 4.90 Å². The standard InChI is InChI=1S/C15H14N2O2S/c16-11-12-5-6-15(14-4-2-1-3-13(12)14)17-7-9-20(18,19)10-8-17/h1-6H,7-10H2. The maximum atomic E-state index is 11.5. The lowest BCUT2D eigenvalue weighted by Crippen LogP contribution is -2.40. The van der Waals surface area contributed by atoms with Gasteiger partial charge in [-0.15, -0.1) is 0 Å². The predicted octanol–water partition coefficient (Wildman–Crippen LogP) is 1.95. The highest BCUT2D eigenvalue weighted by Gasteiger charge is 2.23. The minimum absolute atomic E-state index is 0.196. The number of nitriles is 1. The maximum Gasteiger partial charge on any atom is 0.153 e. The molecule has 0 atom stereocenters. The van der Waals surface area contributed by atoms with Crippen LogP contribution in [0.2, 0.25) is 0 Å². The van der Waals surface area contributed by atoms with E-state index in [4.69, 9.17) is 5.26 Å². The Labute approximate surface area is 118 Å². The highest BCUT2D eigenvalue weighted by Crippen LogP contribution is 2.30. The Morgan fingerprint density at radius 1 is 1.00 bits per heavy atom. The van der Waals surface area contributed by atoms with Gasteiger partial charge in [-0.1, -0.05) is 24.3 Å². The van der Waals surface area contributed by atoms with Crippen molar-refractivity contribution in [1.29, 1.82) is 5.26 Å². The van der Waals surface area contributed by atoms with Crippen molar-refractivity contribution in [1.82, 2.24) is 0 Å². The summed E-state index contributed by atoms with van der Waals surface area (Å²) in [5, 5.41) is 11.1. The average molecular weight is 286 g/mol. The van der Waals surface area contributed by atoms with Crippen molar-refractivity contribution in [2.45, 2.75) is 0 Å². The second kappa shape index (κ2) is 4.80. The molecule has 4 nitrogen and oxygen atoms in total. The summed E-state index contributed by atoms with van der Waals surface area (Å²) >= 11 is 0. The summed E-state index contributed by atoms with van der Waals surface area (Å²) in [7, 11) is -2.88. The third kappa shape index (κ3) is 2.23. The van der Waals surface area contributed by atoms with Crippen molar-refractivity contribution >= 4 is 26.3 Å². The summed E-state index contributed by atoms with van der Waals surface area (Å²) < 4.78 is 23.0. The largest absolute Gasteiger partial charge is 0.369 e. The lowest BCUT2D eigenvalue weighted by Gasteiger charge is -2.30. The maximum absolute atomic E-state index is 11.5. The van der Waals surface area contributed by atoms with E-state index in [9.17, 15) is 8.42 Å². The Hall–Kier alpha value is -2.06. The molecule has 1 heterocycles. The highest BCUT2D eigenvalue weighted by atomic mass is 32.2. The molecule has 2 aromatic rings. The van der Waals surface area contributed by atoms with Crippen LogP contribution in [0.1, 0.15) is 5.56 Å². The Bertz CT molecular complexity index is 792. The van der Waals surface area contributed by atoms with Gasteiger partial charge in [-0.2, -0.15) is 5.26 Å². The molecule has 1 aliphatic rings. The van der Waals surface area contributed by atoms with E-state index < -0.39 is 9.84 Å². The van der Waals surface area contributed by atoms with Crippen LogP contribution in [0.5, 0.6) is 0 Å². The fourth-order valence-corrected chi connectivity index (χ4v) is 3.81. The van der Waals surface area contributed by atoms with E-state index in [2.05, 4.69) is 11.0 Å². The zero-order valence-electron chi connectivity index (χ0n) is 10.9. The van der Waals surface area contributed by atoms with Crippen molar-refractivity contribution in [2.24, 2.45) is 0 Å². The van der Waals surface area contributed by atoms with Gasteiger partial charge in [-0.3, -0.25) is 0 Å². The van der Waals surface area contributed by atoms with Crippen molar-refractivity contribution in [3.05, 3.63) is 42.0 Å². The molecular formula is C15H14N2O2S. The molecule has 3 rings (SSSR count). The molecule has 1 fully saturated rings. The molecule has 0 N–H and O–H groups in total. The number of sulfone groups is 1. The quantitative estimate of drug-likeness (QED) is 0.804. The van der Waals surface area contributed by atoms with Gasteiger partial charge in [-0.05, 0) is 12.1 Å². The van der Waals surface area contributed by atoms with Gasteiger partial charge < -0.3 is 4.90 Å². The summed E-state index contributed by atoms with van der Waals surface area (Å²) in [6.07, 6.45) is 0. The first-order valence-corrected chi connectivity index (χ1v) is 8.30. The lowest BCUT2D eigenvalue weighted by molar-refractivity contribution is 0.587. The number of nitrogens with zero attached hydrogens (tertiary/aromatic N) is 2. The minimum atomic E-state index is -2.88. The van der Waals surface area contributed by atoms with E-state index in [0.717, 1.165) is 16.5 Å². The second-order valence-corrected chi connectivity index (χ2v) is 7.23. The van der Waals surface area contributed by atoms with E-state index in [1.807, 2.05) is 30.3 Å². The van der Waals surface area contributed by atoms with Crippen molar-refractivity contribution in [3.8, 4) is 6.07 Å². The Kier molecular flexibility index (Phi) is 3.11. The van der Waals surface area contributed by atoms with Crippen LogP contribution in [0.15, 0.2) is 36.4 Å². The number of anilines is 1. The first-order valence-electron chi connectivity index (χ1n) is 6.48. The normalized spacial score (nSPS) is 17.9. The van der Waals surface area contributed by atoms with Gasteiger partial charge >= 0.3 is 0 Å². The Balaban J connectivity index is 2.08. The Morgan fingerprint density at radius 2 is 1.65 bits per heavy atom. The van der Waals surface area contributed by atoms with Crippen LogP contribution in [0.4, 0.5) is 5.69 Å². The summed E-state index contributed by atoms with van der Waals surface area (Å²) in [5.74, 6) is 0.392. The van der Waals surface area contributed by atoms with Crippen molar-refractivity contribution in [3.63, 3.8) is 0 Å². The summed E-state index contributed by atoms with van der Waals surface area (Å²) in [4.78, 5) is 2.09. The molecule has 0 aromatic heterocycles. The molecule has 0 aliphatic carbocycles. The van der Waals surface area contributed by atoms with E-state index in [-0.39, 0.29) is 11.5 Å². The molecule has 0 spiro atoms. The Morgan fingerprint density at radius 3 is 2.30 bits per heavy atom. The first kappa shape index (κ1) is 12.9.